The van der Waals surface area contributed by atoms with Crippen LogP contribution in [0.5, 0.6) is 0 Å². The van der Waals surface area contributed by atoms with Gasteiger partial charge in [0.05, 0.1) is 24.8 Å². The highest BCUT2D eigenvalue weighted by atomic mass is 32.5. The standard InChI is InChI=1S/C54H44N2P4S4/c61-57(47-28-9-1-10-29-47,48-30-11-2-12-31-48)55(58(62,49-32-13-3-14-33-49)50-34-15-4-16-35-50)45-26-25-27-46(44-45)56(59(63,51-36-17-5-18-37-51)52-38-19-6-20-39-52)60(64,53-40-21-7-22-41-53)54-42-23-8-24-43-54/h1-44H. The van der Waals surface area contributed by atoms with Gasteiger partial charge in [0.25, 0.3) is 0 Å². The molecule has 0 aromatic heterocycles. The zero-order valence-corrected chi connectivity index (χ0v) is 41.6. The largest absolute Gasteiger partial charge is 0.300 e. The van der Waals surface area contributed by atoms with Crippen LogP contribution >= 0.6 is 24.8 Å². The zero-order valence-electron chi connectivity index (χ0n) is 34.7. The lowest BCUT2D eigenvalue weighted by atomic mass is 10.3. The minimum absolute atomic E-state index is 0.917. The molecule has 0 aliphatic heterocycles. The number of benzene rings is 9. The highest BCUT2D eigenvalue weighted by Crippen LogP contribution is 2.69. The molecule has 9 aromatic carbocycles. The molecule has 9 aromatic rings. The summed E-state index contributed by atoms with van der Waals surface area (Å²) in [6.07, 6.45) is -12.1. The molecule has 0 unspecified atom stereocenters. The molecule has 0 spiro atoms. The number of hydrogen-bond acceptors (Lipinski definition) is 4. The van der Waals surface area contributed by atoms with E-state index >= 15 is 0 Å². The van der Waals surface area contributed by atoms with Crippen molar-refractivity contribution in [3.05, 3.63) is 267 Å². The molecule has 0 atom stereocenters. The fourth-order valence-corrected chi connectivity index (χ4v) is 31.8. The summed E-state index contributed by atoms with van der Waals surface area (Å²) in [6.45, 7) is 0. The lowest BCUT2D eigenvalue weighted by Gasteiger charge is -2.48. The molecule has 0 saturated heterocycles. The van der Waals surface area contributed by atoms with E-state index in [1.54, 1.807) is 0 Å². The van der Waals surface area contributed by atoms with Crippen LogP contribution in [0.3, 0.4) is 0 Å². The van der Waals surface area contributed by atoms with Crippen LogP contribution in [0.4, 0.5) is 11.4 Å². The molecule has 10 heteroatoms. The molecule has 0 aliphatic rings. The maximum Gasteiger partial charge on any atom is 0.0971 e. The number of nitrogens with zero attached hydrogens (tertiary/aromatic N) is 2. The molecular formula is C54H44N2P4S4. The minimum Gasteiger partial charge on any atom is -0.300 e. The first-order valence-corrected chi connectivity index (χ1v) is 31.9. The Bertz CT molecular complexity index is 2590. The van der Waals surface area contributed by atoms with Gasteiger partial charge in [0.1, 0.15) is 0 Å². The highest BCUT2D eigenvalue weighted by Gasteiger charge is 2.44. The van der Waals surface area contributed by atoms with E-state index in [1.165, 1.54) is 0 Å². The molecule has 0 bridgehead atoms. The summed E-state index contributed by atoms with van der Waals surface area (Å²) < 4.78 is 5.01. The predicted octanol–water partition coefficient (Wildman–Crippen LogP) is 11.5. The molecule has 0 radical (unpaired) electrons. The van der Waals surface area contributed by atoms with Gasteiger partial charge in [0.15, 0.2) is 0 Å². The third-order valence-electron chi connectivity index (χ3n) is 11.2. The number of hydrogen-bond donors (Lipinski definition) is 0. The molecule has 0 amide bonds. The van der Waals surface area contributed by atoms with E-state index in [0.717, 1.165) is 53.8 Å². The Kier molecular flexibility index (Phi) is 13.4. The predicted molar refractivity (Wildman–Crippen MR) is 297 cm³/mol. The van der Waals surface area contributed by atoms with Crippen molar-refractivity contribution in [2.24, 2.45) is 0 Å². The van der Waals surface area contributed by atoms with Gasteiger partial charge >= 0.3 is 0 Å². The summed E-state index contributed by atoms with van der Waals surface area (Å²) >= 11 is 29.6. The van der Waals surface area contributed by atoms with E-state index in [-0.39, 0.29) is 0 Å². The van der Waals surface area contributed by atoms with Crippen LogP contribution in [0.25, 0.3) is 0 Å². The minimum atomic E-state index is -3.01. The van der Waals surface area contributed by atoms with Crippen molar-refractivity contribution >= 4 is 126 Å². The summed E-state index contributed by atoms with van der Waals surface area (Å²) in [7, 11) is 0. The summed E-state index contributed by atoms with van der Waals surface area (Å²) in [6, 6.07) is 93.7. The Morgan fingerprint density at radius 2 is 0.359 bits per heavy atom. The van der Waals surface area contributed by atoms with Crippen molar-refractivity contribution in [1.29, 1.82) is 0 Å². The van der Waals surface area contributed by atoms with Crippen molar-refractivity contribution in [3.63, 3.8) is 0 Å². The van der Waals surface area contributed by atoms with Crippen LogP contribution in [0.1, 0.15) is 0 Å². The second kappa shape index (κ2) is 19.3. The van der Waals surface area contributed by atoms with Gasteiger partial charge in [0, 0.05) is 53.8 Å². The topological polar surface area (TPSA) is 6.48 Å². The molecule has 64 heavy (non-hydrogen) atoms. The van der Waals surface area contributed by atoms with Gasteiger partial charge in [-0.3, -0.25) is 0 Å². The Morgan fingerprint density at radius 1 is 0.203 bits per heavy atom. The molecule has 314 valence electrons. The molecule has 0 fully saturated rings. The monoisotopic (exact) mass is 972 g/mol. The average Bonchev–Trinajstić information content (AvgIpc) is 3.38. The first kappa shape index (κ1) is 44.4. The van der Waals surface area contributed by atoms with Gasteiger partial charge in [-0.05, 0) is 18.2 Å². The summed E-state index contributed by atoms with van der Waals surface area (Å²) in [5.41, 5.74) is 1.83. The average molecular weight is 973 g/mol. The van der Waals surface area contributed by atoms with E-state index in [9.17, 15) is 0 Å². The molecular weight excluding hydrogens is 929 g/mol. The molecule has 0 N–H and O–H groups in total. The van der Waals surface area contributed by atoms with E-state index in [4.69, 9.17) is 47.2 Å². The smallest absolute Gasteiger partial charge is 0.0971 e. The second-order valence-electron chi connectivity index (χ2n) is 15.1. The van der Waals surface area contributed by atoms with Crippen LogP contribution in [0.15, 0.2) is 267 Å². The normalized spacial score (nSPS) is 12.0. The molecule has 0 heterocycles. The van der Waals surface area contributed by atoms with Crippen LogP contribution < -0.4 is 51.3 Å². The molecule has 9 rings (SSSR count). The fourth-order valence-electron chi connectivity index (χ4n) is 8.26. The molecule has 0 saturated carbocycles. The lowest BCUT2D eigenvalue weighted by molar-refractivity contribution is 1.51. The van der Waals surface area contributed by atoms with Crippen LogP contribution in [0, 0.1) is 0 Å². The summed E-state index contributed by atoms with van der Waals surface area (Å²) in [5.74, 6) is 0. The van der Waals surface area contributed by atoms with Gasteiger partial charge in [-0.25, -0.2) is 0 Å². The van der Waals surface area contributed by atoms with Crippen molar-refractivity contribution in [2.45, 2.75) is 0 Å². The molecule has 2 nitrogen and oxygen atoms in total. The van der Waals surface area contributed by atoms with E-state index in [2.05, 4.69) is 276 Å². The maximum atomic E-state index is 7.41. The lowest BCUT2D eigenvalue weighted by Crippen LogP contribution is -2.38. The number of anilines is 2. The quantitative estimate of drug-likeness (QED) is 0.0995. The Hall–Kier alpha value is -4.82. The van der Waals surface area contributed by atoms with Gasteiger partial charge in [-0.2, -0.15) is 0 Å². The summed E-state index contributed by atoms with van der Waals surface area (Å²) in [4.78, 5) is 0. The van der Waals surface area contributed by atoms with Crippen molar-refractivity contribution in [1.82, 2.24) is 0 Å². The van der Waals surface area contributed by atoms with Crippen LogP contribution in [0.2, 0.25) is 0 Å². The van der Waals surface area contributed by atoms with Gasteiger partial charge < -0.3 is 8.88 Å². The fraction of sp³-hybridized carbons (Fsp3) is 0. The third kappa shape index (κ3) is 8.11. The van der Waals surface area contributed by atoms with E-state index in [0.29, 0.717) is 0 Å². The first-order chi connectivity index (χ1) is 31.3. The maximum absolute atomic E-state index is 7.41. The Labute approximate surface area is 398 Å². The van der Waals surface area contributed by atoms with Gasteiger partial charge in [-0.15, -0.1) is 0 Å². The van der Waals surface area contributed by atoms with Crippen LogP contribution in [-0.4, -0.2) is 0 Å². The van der Waals surface area contributed by atoms with Crippen molar-refractivity contribution < 1.29 is 0 Å². The van der Waals surface area contributed by atoms with E-state index < -0.39 is 24.8 Å². The SMILES string of the molecule is S=P(c1ccccc1)(c1ccccc1)N(c1cccc(N(P(=S)(c2ccccc2)c2ccccc2)P(=S)(c2ccccc2)c2ccccc2)c1)P(=S)(c1ccccc1)c1ccccc1. The van der Waals surface area contributed by atoms with Crippen molar-refractivity contribution in [2.75, 3.05) is 8.88 Å². The second-order valence-corrected chi connectivity index (χ2v) is 32.4. The van der Waals surface area contributed by atoms with Gasteiger partial charge in [0.2, 0.25) is 0 Å². The van der Waals surface area contributed by atoms with Crippen molar-refractivity contribution in [3.8, 4) is 0 Å². The number of rotatable bonds is 14. The first-order valence-electron chi connectivity index (χ1n) is 20.9. The molecule has 0 aliphatic carbocycles. The Morgan fingerprint density at radius 3 is 0.516 bits per heavy atom. The zero-order chi connectivity index (χ0) is 44.0. The third-order valence-corrected chi connectivity index (χ3v) is 33.9. The highest BCUT2D eigenvalue weighted by molar-refractivity contribution is 8.34. The Balaban J connectivity index is 1.44. The van der Waals surface area contributed by atoms with Gasteiger partial charge in [-0.1, -0.05) is 296 Å². The van der Waals surface area contributed by atoms with Crippen LogP contribution in [-0.2, 0) is 47.2 Å². The summed E-state index contributed by atoms with van der Waals surface area (Å²) in [5, 5.41) is 8.42. The van der Waals surface area contributed by atoms with E-state index in [1.807, 2.05) is 0 Å².